The molecule has 116 valence electrons. The van der Waals surface area contributed by atoms with Crippen molar-refractivity contribution in [2.45, 2.75) is 57.5 Å². The van der Waals surface area contributed by atoms with Crippen LogP contribution in [0.15, 0.2) is 30.3 Å². The summed E-state index contributed by atoms with van der Waals surface area (Å²) in [7, 11) is 0. The maximum atomic E-state index is 2.79. The van der Waals surface area contributed by atoms with Gasteiger partial charge in [-0.05, 0) is 50.8 Å². The van der Waals surface area contributed by atoms with Gasteiger partial charge in [-0.1, -0.05) is 43.7 Å². The van der Waals surface area contributed by atoms with Crippen LogP contribution in [0.5, 0.6) is 0 Å². The highest BCUT2D eigenvalue weighted by Crippen LogP contribution is 2.25. The number of hydrogen-bond donors (Lipinski definition) is 0. The topological polar surface area (TPSA) is 6.48 Å². The number of piperazine rings is 1. The number of fused-ring (bicyclic) bond motifs is 1. The summed E-state index contributed by atoms with van der Waals surface area (Å²) >= 11 is 0. The number of piperidine rings is 1. The monoisotopic (exact) mass is 286 g/mol. The molecule has 3 rings (SSSR count). The standard InChI is InChI=1S/C19H30N2/c1-2-18-15-21-13-7-6-12-19(21)16-20(18)14-8-11-17-9-4-3-5-10-17/h3-5,9-10,18-19H,2,6-8,11-16H2,1H3. The predicted octanol–water partition coefficient (Wildman–Crippen LogP) is 3.57. The first-order chi connectivity index (χ1) is 10.4. The molecule has 2 heterocycles. The highest BCUT2D eigenvalue weighted by Gasteiger charge is 2.33. The van der Waals surface area contributed by atoms with Gasteiger partial charge in [-0.2, -0.15) is 0 Å². The van der Waals surface area contributed by atoms with E-state index < -0.39 is 0 Å². The molecule has 2 unspecified atom stereocenters. The van der Waals surface area contributed by atoms with E-state index in [9.17, 15) is 0 Å². The Kier molecular flexibility index (Phi) is 5.32. The Morgan fingerprint density at radius 3 is 2.76 bits per heavy atom. The van der Waals surface area contributed by atoms with Crippen LogP contribution < -0.4 is 0 Å². The van der Waals surface area contributed by atoms with Gasteiger partial charge in [0.2, 0.25) is 0 Å². The van der Waals surface area contributed by atoms with Crippen molar-refractivity contribution in [3.8, 4) is 0 Å². The molecule has 2 aliphatic rings. The number of rotatable bonds is 5. The Morgan fingerprint density at radius 2 is 1.95 bits per heavy atom. The Balaban J connectivity index is 1.51. The van der Waals surface area contributed by atoms with Crippen molar-refractivity contribution in [3.05, 3.63) is 35.9 Å². The fourth-order valence-electron chi connectivity index (χ4n) is 4.11. The van der Waals surface area contributed by atoms with Gasteiger partial charge in [-0.15, -0.1) is 0 Å². The van der Waals surface area contributed by atoms with Gasteiger partial charge in [0, 0.05) is 25.2 Å². The van der Waals surface area contributed by atoms with E-state index in [1.54, 1.807) is 0 Å². The molecule has 0 radical (unpaired) electrons. The first kappa shape index (κ1) is 15.1. The van der Waals surface area contributed by atoms with Crippen LogP contribution in [-0.4, -0.2) is 48.1 Å². The second-order valence-electron chi connectivity index (χ2n) is 6.79. The predicted molar refractivity (Wildman–Crippen MR) is 89.6 cm³/mol. The zero-order valence-corrected chi connectivity index (χ0v) is 13.5. The second kappa shape index (κ2) is 7.42. The average molecular weight is 286 g/mol. The van der Waals surface area contributed by atoms with E-state index >= 15 is 0 Å². The van der Waals surface area contributed by atoms with Crippen molar-refractivity contribution in [1.82, 2.24) is 9.80 Å². The summed E-state index contributed by atoms with van der Waals surface area (Å²) in [6.07, 6.45) is 8.10. The second-order valence-corrected chi connectivity index (χ2v) is 6.79. The van der Waals surface area contributed by atoms with Crippen LogP contribution in [0.4, 0.5) is 0 Å². The number of aryl methyl sites for hydroxylation is 1. The molecule has 0 spiro atoms. The number of nitrogens with zero attached hydrogens (tertiary/aromatic N) is 2. The van der Waals surface area contributed by atoms with Crippen molar-refractivity contribution in [2.75, 3.05) is 26.2 Å². The van der Waals surface area contributed by atoms with Crippen molar-refractivity contribution in [1.29, 1.82) is 0 Å². The van der Waals surface area contributed by atoms with Gasteiger partial charge >= 0.3 is 0 Å². The number of hydrogen-bond acceptors (Lipinski definition) is 2. The first-order valence-corrected chi connectivity index (χ1v) is 8.89. The van der Waals surface area contributed by atoms with E-state index in [0.29, 0.717) is 0 Å². The van der Waals surface area contributed by atoms with Gasteiger partial charge in [0.05, 0.1) is 0 Å². The Hall–Kier alpha value is -0.860. The zero-order chi connectivity index (χ0) is 14.5. The lowest BCUT2D eigenvalue weighted by atomic mass is 9.95. The van der Waals surface area contributed by atoms with E-state index in [4.69, 9.17) is 0 Å². The summed E-state index contributed by atoms with van der Waals surface area (Å²) < 4.78 is 0. The Labute approximate surface area is 130 Å². The summed E-state index contributed by atoms with van der Waals surface area (Å²) in [6, 6.07) is 12.6. The van der Waals surface area contributed by atoms with Gasteiger partial charge in [0.25, 0.3) is 0 Å². The molecule has 0 aliphatic carbocycles. The lowest BCUT2D eigenvalue weighted by Gasteiger charge is -2.48. The molecule has 1 aromatic carbocycles. The van der Waals surface area contributed by atoms with E-state index in [2.05, 4.69) is 47.1 Å². The SMILES string of the molecule is CCC1CN2CCCCC2CN1CCCc1ccccc1. The van der Waals surface area contributed by atoms with Gasteiger partial charge in [-0.25, -0.2) is 0 Å². The van der Waals surface area contributed by atoms with Crippen LogP contribution in [0, 0.1) is 0 Å². The maximum Gasteiger partial charge on any atom is 0.0223 e. The van der Waals surface area contributed by atoms with Gasteiger partial charge < -0.3 is 0 Å². The minimum absolute atomic E-state index is 0.787. The molecule has 0 aromatic heterocycles. The molecule has 0 bridgehead atoms. The van der Waals surface area contributed by atoms with Gasteiger partial charge in [0.15, 0.2) is 0 Å². The van der Waals surface area contributed by atoms with Crippen LogP contribution in [-0.2, 0) is 6.42 Å². The lowest BCUT2D eigenvalue weighted by Crippen LogP contribution is -2.59. The van der Waals surface area contributed by atoms with E-state index in [0.717, 1.165) is 12.1 Å². The highest BCUT2D eigenvalue weighted by molar-refractivity contribution is 5.14. The largest absolute Gasteiger partial charge is 0.298 e. The molecule has 2 atom stereocenters. The van der Waals surface area contributed by atoms with Crippen molar-refractivity contribution in [3.63, 3.8) is 0 Å². The fraction of sp³-hybridized carbons (Fsp3) is 0.684. The average Bonchev–Trinajstić information content (AvgIpc) is 2.55. The summed E-state index contributed by atoms with van der Waals surface area (Å²) in [5.74, 6) is 0. The molecule has 2 fully saturated rings. The number of benzene rings is 1. The minimum atomic E-state index is 0.787. The zero-order valence-electron chi connectivity index (χ0n) is 13.5. The summed E-state index contributed by atoms with van der Waals surface area (Å²) in [6.45, 7) is 7.61. The summed E-state index contributed by atoms with van der Waals surface area (Å²) in [5.41, 5.74) is 1.49. The molecular formula is C19H30N2. The maximum absolute atomic E-state index is 2.79. The molecule has 2 heteroatoms. The molecule has 21 heavy (non-hydrogen) atoms. The van der Waals surface area contributed by atoms with Crippen LogP contribution in [0.3, 0.4) is 0 Å². The molecule has 0 N–H and O–H groups in total. The third-order valence-electron chi connectivity index (χ3n) is 5.38. The summed E-state index contributed by atoms with van der Waals surface area (Å²) in [5, 5.41) is 0. The molecule has 0 amide bonds. The smallest absolute Gasteiger partial charge is 0.0223 e. The third-order valence-corrected chi connectivity index (χ3v) is 5.38. The normalized spacial score (nSPS) is 27.5. The van der Waals surface area contributed by atoms with Gasteiger partial charge in [-0.3, -0.25) is 9.80 Å². The van der Waals surface area contributed by atoms with Crippen molar-refractivity contribution < 1.29 is 0 Å². The molecular weight excluding hydrogens is 256 g/mol. The van der Waals surface area contributed by atoms with E-state index in [1.165, 1.54) is 70.3 Å². The molecule has 2 aliphatic heterocycles. The van der Waals surface area contributed by atoms with Crippen LogP contribution in [0.2, 0.25) is 0 Å². The minimum Gasteiger partial charge on any atom is -0.298 e. The van der Waals surface area contributed by atoms with Crippen LogP contribution in [0.25, 0.3) is 0 Å². The molecule has 2 saturated heterocycles. The Morgan fingerprint density at radius 1 is 1.10 bits per heavy atom. The molecule has 2 nitrogen and oxygen atoms in total. The quantitative estimate of drug-likeness (QED) is 0.816. The molecule has 1 aromatic rings. The Bertz CT molecular complexity index is 417. The lowest BCUT2D eigenvalue weighted by molar-refractivity contribution is 0.00722. The van der Waals surface area contributed by atoms with Crippen molar-refractivity contribution >= 4 is 0 Å². The van der Waals surface area contributed by atoms with Gasteiger partial charge in [0.1, 0.15) is 0 Å². The van der Waals surface area contributed by atoms with Crippen molar-refractivity contribution in [2.24, 2.45) is 0 Å². The first-order valence-electron chi connectivity index (χ1n) is 8.89. The highest BCUT2D eigenvalue weighted by atomic mass is 15.3. The van der Waals surface area contributed by atoms with Crippen LogP contribution >= 0.6 is 0 Å². The third kappa shape index (κ3) is 3.87. The van der Waals surface area contributed by atoms with E-state index in [-0.39, 0.29) is 0 Å². The van der Waals surface area contributed by atoms with Crippen LogP contribution in [0.1, 0.15) is 44.6 Å². The fourth-order valence-corrected chi connectivity index (χ4v) is 4.11. The molecule has 0 saturated carbocycles. The van der Waals surface area contributed by atoms with E-state index in [1.807, 2.05) is 0 Å². The summed E-state index contributed by atoms with van der Waals surface area (Å²) in [4.78, 5) is 5.56.